The van der Waals surface area contributed by atoms with Gasteiger partial charge >= 0.3 is 12.2 Å². The average Bonchev–Trinajstić information content (AvgIpc) is 1.86. The number of rotatable bonds is 3. The first-order chi connectivity index (χ1) is 5.50. The van der Waals surface area contributed by atoms with Gasteiger partial charge in [0.2, 0.25) is 0 Å². The third-order valence-corrected chi connectivity index (χ3v) is 1.08. The molecule has 0 radical (unpaired) electrons. The highest BCUT2D eigenvalue weighted by molar-refractivity contribution is 9.09. The van der Waals surface area contributed by atoms with Gasteiger partial charge in [-0.2, -0.15) is 0 Å². The van der Waals surface area contributed by atoms with Crippen molar-refractivity contribution in [3.8, 4) is 0 Å². The second-order valence-electron chi connectivity index (χ2n) is 1.55. The monoisotopic (exact) mass is 242 g/mol. The summed E-state index contributed by atoms with van der Waals surface area (Å²) in [6.45, 7) is 0.403. The summed E-state index contributed by atoms with van der Waals surface area (Å²) in [6, 6.07) is 0. The van der Waals surface area contributed by atoms with E-state index < -0.39 is 12.2 Å². The lowest BCUT2D eigenvalue weighted by Gasteiger charge is -1.95. The van der Waals surface area contributed by atoms with E-state index in [1.165, 1.54) is 0 Å². The van der Waals surface area contributed by atoms with Crippen LogP contribution in [0.3, 0.4) is 0 Å². The van der Waals surface area contributed by atoms with E-state index in [0.717, 1.165) is 11.8 Å². The topological polar surface area (TPSA) is 116 Å². The Kier molecular flexibility index (Phi) is 11.4. The van der Waals surface area contributed by atoms with E-state index >= 15 is 0 Å². The molecule has 0 atom stereocenters. The largest absolute Gasteiger partial charge is 0.465 e. The quantitative estimate of drug-likeness (QED) is 0.494. The first-order valence-corrected chi connectivity index (χ1v) is 4.09. The van der Waals surface area contributed by atoms with Gasteiger partial charge in [-0.15, -0.1) is 0 Å². The fourth-order valence-electron chi connectivity index (χ4n) is 0.227. The van der Waals surface area contributed by atoms with Crippen molar-refractivity contribution in [1.82, 2.24) is 0 Å². The second-order valence-corrected chi connectivity index (χ2v) is 2.34. The van der Waals surface area contributed by atoms with Crippen molar-refractivity contribution in [2.24, 2.45) is 11.5 Å². The van der Waals surface area contributed by atoms with Crippen LogP contribution in [0, 0.1) is 0 Å². The smallest absolute Gasteiger partial charge is 0.404 e. The first-order valence-electron chi connectivity index (χ1n) is 2.97. The van der Waals surface area contributed by atoms with E-state index in [-0.39, 0.29) is 0 Å². The molecule has 0 spiro atoms. The first kappa shape index (κ1) is 13.6. The van der Waals surface area contributed by atoms with Gasteiger partial charge in [0.1, 0.15) is 0 Å². The van der Waals surface area contributed by atoms with Crippen molar-refractivity contribution in [2.45, 2.75) is 6.42 Å². The Balaban J connectivity index is 0. The lowest BCUT2D eigenvalue weighted by molar-refractivity contribution is 0.157. The highest BCUT2D eigenvalue weighted by Gasteiger charge is 1.89. The Morgan fingerprint density at radius 1 is 1.42 bits per heavy atom. The highest BCUT2D eigenvalue weighted by Crippen LogP contribution is 1.87. The summed E-state index contributed by atoms with van der Waals surface area (Å²) in [7, 11) is 0. The molecule has 0 aromatic carbocycles. The molecule has 0 aliphatic rings. The average molecular weight is 243 g/mol. The number of ether oxygens (including phenoxy) is 1. The maximum atomic E-state index is 9.86. The Morgan fingerprint density at radius 3 is 2.08 bits per heavy atom. The lowest BCUT2D eigenvalue weighted by atomic mass is 10.5. The van der Waals surface area contributed by atoms with Gasteiger partial charge < -0.3 is 21.3 Å². The minimum atomic E-state index is -1.33. The number of carbonyl (C=O) groups is 2. The van der Waals surface area contributed by atoms with Crippen LogP contribution in [0.15, 0.2) is 0 Å². The number of primary amides is 2. The number of hydrogen-bond acceptors (Lipinski definition) is 3. The third kappa shape index (κ3) is 35.9. The summed E-state index contributed by atoms with van der Waals surface area (Å²) in [5, 5.41) is 8.03. The summed E-state index contributed by atoms with van der Waals surface area (Å²) >= 11 is 3.17. The lowest BCUT2D eigenvalue weighted by Crippen LogP contribution is -2.13. The molecule has 0 aromatic rings. The van der Waals surface area contributed by atoms with Crippen LogP contribution < -0.4 is 11.5 Å². The summed E-state index contributed by atoms with van der Waals surface area (Å²) < 4.78 is 4.39. The number of nitrogens with two attached hydrogens (primary N) is 2. The number of amides is 2. The maximum Gasteiger partial charge on any atom is 0.404 e. The molecular weight excluding hydrogens is 232 g/mol. The van der Waals surface area contributed by atoms with Crippen LogP contribution in [0.25, 0.3) is 0 Å². The van der Waals surface area contributed by atoms with E-state index in [2.05, 4.69) is 32.1 Å². The van der Waals surface area contributed by atoms with E-state index in [1.807, 2.05) is 0 Å². The molecule has 72 valence electrons. The minimum absolute atomic E-state index is 0.403. The molecule has 0 saturated heterocycles. The molecule has 0 heterocycles. The molecule has 12 heavy (non-hydrogen) atoms. The fourth-order valence-corrected chi connectivity index (χ4v) is 0.456. The zero-order valence-corrected chi connectivity index (χ0v) is 7.91. The van der Waals surface area contributed by atoms with Crippen molar-refractivity contribution in [3.63, 3.8) is 0 Å². The SMILES string of the molecule is NC(=O)O.NC(=O)OCCCBr. The maximum absolute atomic E-state index is 9.86. The van der Waals surface area contributed by atoms with Crippen LogP contribution in [0.1, 0.15) is 6.42 Å². The normalized spacial score (nSPS) is 7.75. The molecule has 2 amide bonds. The number of hydrogen-bond donors (Lipinski definition) is 3. The van der Waals surface area contributed by atoms with Crippen LogP contribution in [-0.4, -0.2) is 29.2 Å². The number of halogens is 1. The molecule has 0 rings (SSSR count). The predicted molar refractivity (Wildman–Crippen MR) is 46.2 cm³/mol. The van der Waals surface area contributed by atoms with Gasteiger partial charge in [-0.3, -0.25) is 0 Å². The second kappa shape index (κ2) is 10.0. The Bertz CT molecular complexity index is 137. The van der Waals surface area contributed by atoms with Gasteiger partial charge in [-0.05, 0) is 6.42 Å². The van der Waals surface area contributed by atoms with E-state index in [1.54, 1.807) is 0 Å². The van der Waals surface area contributed by atoms with Crippen LogP contribution >= 0.6 is 15.9 Å². The zero-order valence-electron chi connectivity index (χ0n) is 6.33. The Labute approximate surface area is 78.0 Å². The van der Waals surface area contributed by atoms with Gasteiger partial charge in [-0.1, -0.05) is 15.9 Å². The number of carboxylic acid groups (broad SMARTS) is 1. The molecule has 6 nitrogen and oxygen atoms in total. The molecule has 0 saturated carbocycles. The summed E-state index contributed by atoms with van der Waals surface area (Å²) in [4.78, 5) is 18.6. The molecule has 0 aromatic heterocycles. The standard InChI is InChI=1S/C4H8BrNO2.CH3NO2/c5-2-1-3-8-4(6)7;2-1(3)4/h1-3H2,(H2,6,7);2H2,(H,3,4). The Morgan fingerprint density at radius 2 is 1.83 bits per heavy atom. The molecule has 7 heteroatoms. The van der Waals surface area contributed by atoms with Gasteiger partial charge in [0, 0.05) is 5.33 Å². The van der Waals surface area contributed by atoms with Crippen molar-refractivity contribution >= 4 is 28.1 Å². The van der Waals surface area contributed by atoms with Gasteiger partial charge in [-0.25, -0.2) is 9.59 Å². The molecule has 0 aliphatic carbocycles. The van der Waals surface area contributed by atoms with Crippen molar-refractivity contribution in [1.29, 1.82) is 0 Å². The molecular formula is C5H11BrN2O4. The highest BCUT2D eigenvalue weighted by atomic mass is 79.9. The van der Waals surface area contributed by atoms with E-state index in [0.29, 0.717) is 6.61 Å². The fraction of sp³-hybridized carbons (Fsp3) is 0.600. The molecule has 0 unspecified atom stereocenters. The van der Waals surface area contributed by atoms with Crippen LogP contribution in [0.2, 0.25) is 0 Å². The van der Waals surface area contributed by atoms with Crippen molar-refractivity contribution in [2.75, 3.05) is 11.9 Å². The van der Waals surface area contributed by atoms with E-state index in [9.17, 15) is 4.79 Å². The number of carbonyl (C=O) groups excluding carboxylic acids is 1. The van der Waals surface area contributed by atoms with Gasteiger partial charge in [0.05, 0.1) is 6.61 Å². The predicted octanol–water partition coefficient (Wildman–Crippen LogP) is 0.490. The van der Waals surface area contributed by atoms with Crippen molar-refractivity contribution in [3.05, 3.63) is 0 Å². The minimum Gasteiger partial charge on any atom is -0.465 e. The zero-order chi connectivity index (χ0) is 9.98. The molecule has 0 fully saturated rings. The van der Waals surface area contributed by atoms with Crippen LogP contribution in [0.4, 0.5) is 9.59 Å². The number of alkyl halides is 1. The molecule has 0 aliphatic heterocycles. The van der Waals surface area contributed by atoms with Crippen LogP contribution in [-0.2, 0) is 4.74 Å². The molecule has 0 bridgehead atoms. The van der Waals surface area contributed by atoms with Crippen molar-refractivity contribution < 1.29 is 19.4 Å². The van der Waals surface area contributed by atoms with Gasteiger partial charge in [0.15, 0.2) is 0 Å². The summed E-state index contributed by atoms with van der Waals surface area (Å²) in [5.41, 5.74) is 8.68. The van der Waals surface area contributed by atoms with Crippen LogP contribution in [0.5, 0.6) is 0 Å². The summed E-state index contributed by atoms with van der Waals surface area (Å²) in [6.07, 6.45) is -1.23. The summed E-state index contributed by atoms with van der Waals surface area (Å²) in [5.74, 6) is 0. The van der Waals surface area contributed by atoms with E-state index in [4.69, 9.17) is 9.90 Å². The van der Waals surface area contributed by atoms with Gasteiger partial charge in [0.25, 0.3) is 0 Å². The third-order valence-electron chi connectivity index (χ3n) is 0.522. The Hall–Kier alpha value is -0.980. The molecule has 5 N–H and O–H groups in total.